The predicted octanol–water partition coefficient (Wildman–Crippen LogP) is 6.34. The normalized spacial score (nSPS) is 10.9. The number of aryl methyl sites for hydroxylation is 3. The van der Waals surface area contributed by atoms with E-state index in [0.29, 0.717) is 34.1 Å². The van der Waals surface area contributed by atoms with Crippen LogP contribution in [0.25, 0.3) is 6.08 Å². The monoisotopic (exact) mass is 542 g/mol. The van der Waals surface area contributed by atoms with Crippen LogP contribution in [0, 0.1) is 50.4 Å². The number of carbonyl (C=O) groups is 2. The fourth-order valence-corrected chi connectivity index (χ4v) is 5.45. The molecule has 8 heteroatoms. The molecule has 200 valence electrons. The SMILES string of the molecule is CCOC(=O)c1sc(CC(=O)/C(C#N)=C/c2ccc(OCc3c(C)cc(C)cc3C)c(OC)c2)c(C#N)c1C. The molecule has 3 rings (SSSR count). The number of rotatable bonds is 10. The van der Waals surface area contributed by atoms with Gasteiger partial charge in [0, 0.05) is 11.3 Å². The van der Waals surface area contributed by atoms with Gasteiger partial charge in [-0.25, -0.2) is 4.79 Å². The molecule has 1 heterocycles. The number of nitrogens with zero attached hydrogens (tertiary/aromatic N) is 2. The molecule has 0 radical (unpaired) electrons. The number of allylic oxidation sites excluding steroid dienone is 1. The molecule has 0 N–H and O–H groups in total. The van der Waals surface area contributed by atoms with Crippen molar-refractivity contribution in [3.63, 3.8) is 0 Å². The molecule has 0 aliphatic rings. The number of carbonyl (C=O) groups excluding carboxylic acids is 2. The lowest BCUT2D eigenvalue weighted by Gasteiger charge is -2.15. The fourth-order valence-electron chi connectivity index (χ4n) is 4.30. The molecule has 0 saturated heterocycles. The quantitative estimate of drug-likeness (QED) is 0.167. The van der Waals surface area contributed by atoms with E-state index < -0.39 is 11.8 Å². The van der Waals surface area contributed by atoms with Gasteiger partial charge in [-0.2, -0.15) is 10.5 Å². The summed E-state index contributed by atoms with van der Waals surface area (Å²) in [5.74, 6) is 0.0114. The number of Topliss-reactive ketones (excluding diaryl/α,β-unsaturated/α-hetero) is 1. The van der Waals surface area contributed by atoms with E-state index in [1.54, 1.807) is 32.0 Å². The van der Waals surface area contributed by atoms with Gasteiger partial charge in [0.2, 0.25) is 0 Å². The van der Waals surface area contributed by atoms with Crippen LogP contribution in [0.1, 0.15) is 60.4 Å². The minimum Gasteiger partial charge on any atom is -0.493 e. The van der Waals surface area contributed by atoms with Gasteiger partial charge in [0.05, 0.1) is 24.9 Å². The maximum Gasteiger partial charge on any atom is 0.348 e. The van der Waals surface area contributed by atoms with Crippen molar-refractivity contribution in [1.29, 1.82) is 10.5 Å². The van der Waals surface area contributed by atoms with Crippen molar-refractivity contribution in [1.82, 2.24) is 0 Å². The van der Waals surface area contributed by atoms with Crippen LogP contribution in [0.5, 0.6) is 11.5 Å². The van der Waals surface area contributed by atoms with E-state index in [4.69, 9.17) is 14.2 Å². The highest BCUT2D eigenvalue weighted by Crippen LogP contribution is 2.32. The van der Waals surface area contributed by atoms with Crippen molar-refractivity contribution in [3.8, 4) is 23.6 Å². The molecule has 2 aromatic carbocycles. The van der Waals surface area contributed by atoms with E-state index in [0.717, 1.165) is 28.0 Å². The van der Waals surface area contributed by atoms with Crippen molar-refractivity contribution in [3.05, 3.63) is 84.6 Å². The number of thiophene rings is 1. The molecule has 0 unspecified atom stereocenters. The van der Waals surface area contributed by atoms with E-state index in [1.807, 2.05) is 6.07 Å². The Morgan fingerprint density at radius 3 is 2.31 bits per heavy atom. The molecule has 0 bridgehead atoms. The van der Waals surface area contributed by atoms with E-state index in [-0.39, 0.29) is 29.0 Å². The number of benzene rings is 2. The van der Waals surface area contributed by atoms with Crippen LogP contribution in [0.3, 0.4) is 0 Å². The summed E-state index contributed by atoms with van der Waals surface area (Å²) in [6.45, 7) is 10.1. The van der Waals surface area contributed by atoms with Crippen molar-refractivity contribution in [2.24, 2.45) is 0 Å². The van der Waals surface area contributed by atoms with E-state index in [1.165, 1.54) is 18.7 Å². The van der Waals surface area contributed by atoms with Crippen LogP contribution in [0.4, 0.5) is 0 Å². The van der Waals surface area contributed by atoms with Gasteiger partial charge in [-0.3, -0.25) is 4.79 Å². The lowest BCUT2D eigenvalue weighted by molar-refractivity contribution is -0.114. The molecule has 7 nitrogen and oxygen atoms in total. The van der Waals surface area contributed by atoms with Crippen LogP contribution >= 0.6 is 11.3 Å². The van der Waals surface area contributed by atoms with Gasteiger partial charge in [0.25, 0.3) is 0 Å². The van der Waals surface area contributed by atoms with Crippen molar-refractivity contribution < 1.29 is 23.8 Å². The highest BCUT2D eigenvalue weighted by Gasteiger charge is 2.23. The highest BCUT2D eigenvalue weighted by atomic mass is 32.1. The van der Waals surface area contributed by atoms with Crippen LogP contribution in [-0.2, 0) is 22.6 Å². The first-order valence-corrected chi connectivity index (χ1v) is 13.2. The van der Waals surface area contributed by atoms with Crippen LogP contribution < -0.4 is 9.47 Å². The Morgan fingerprint density at radius 2 is 1.72 bits per heavy atom. The van der Waals surface area contributed by atoms with Gasteiger partial charge in [-0.1, -0.05) is 23.8 Å². The first-order chi connectivity index (χ1) is 18.6. The first-order valence-electron chi connectivity index (χ1n) is 12.3. The molecule has 1 aromatic heterocycles. The summed E-state index contributed by atoms with van der Waals surface area (Å²) < 4.78 is 16.6. The van der Waals surface area contributed by atoms with Gasteiger partial charge in [-0.15, -0.1) is 11.3 Å². The Morgan fingerprint density at radius 1 is 1.03 bits per heavy atom. The van der Waals surface area contributed by atoms with Crippen LogP contribution in [-0.4, -0.2) is 25.5 Å². The number of hydrogen-bond donors (Lipinski definition) is 0. The summed E-state index contributed by atoms with van der Waals surface area (Å²) in [7, 11) is 1.53. The number of methoxy groups -OCH3 is 1. The molecular weight excluding hydrogens is 512 g/mol. The topological polar surface area (TPSA) is 109 Å². The summed E-state index contributed by atoms with van der Waals surface area (Å²) in [5.41, 5.74) is 5.85. The fraction of sp³-hybridized carbons (Fsp3) is 0.290. The molecule has 39 heavy (non-hydrogen) atoms. The Bertz CT molecular complexity index is 1510. The van der Waals surface area contributed by atoms with Crippen LogP contribution in [0.15, 0.2) is 35.9 Å². The Balaban J connectivity index is 1.83. The van der Waals surface area contributed by atoms with Gasteiger partial charge >= 0.3 is 5.97 Å². The number of nitriles is 2. The summed E-state index contributed by atoms with van der Waals surface area (Å²) in [4.78, 5) is 26.0. The Kier molecular flexibility index (Phi) is 9.65. The molecule has 0 amide bonds. The van der Waals surface area contributed by atoms with Crippen molar-refractivity contribution >= 4 is 29.2 Å². The maximum atomic E-state index is 13.0. The second-order valence-electron chi connectivity index (χ2n) is 9.03. The minimum atomic E-state index is -0.534. The van der Waals surface area contributed by atoms with Crippen molar-refractivity contribution in [2.75, 3.05) is 13.7 Å². The number of hydrogen-bond acceptors (Lipinski definition) is 8. The smallest absolute Gasteiger partial charge is 0.348 e. The zero-order chi connectivity index (χ0) is 28.7. The number of ether oxygens (including phenoxy) is 3. The Labute approximate surface area is 232 Å². The zero-order valence-corrected chi connectivity index (χ0v) is 23.7. The summed E-state index contributed by atoms with van der Waals surface area (Å²) in [5, 5.41) is 19.3. The highest BCUT2D eigenvalue weighted by molar-refractivity contribution is 7.14. The average molecular weight is 543 g/mol. The maximum absolute atomic E-state index is 13.0. The zero-order valence-electron chi connectivity index (χ0n) is 22.9. The lowest BCUT2D eigenvalue weighted by Crippen LogP contribution is -2.05. The third-order valence-corrected chi connectivity index (χ3v) is 7.52. The molecule has 0 saturated carbocycles. The second-order valence-corrected chi connectivity index (χ2v) is 10.1. The minimum absolute atomic E-state index is 0.0794. The molecule has 0 atom stereocenters. The third kappa shape index (κ3) is 6.73. The molecule has 0 aliphatic carbocycles. The molecule has 3 aromatic rings. The molecule has 0 fully saturated rings. The average Bonchev–Trinajstić information content (AvgIpc) is 3.21. The van der Waals surface area contributed by atoms with Gasteiger partial charge < -0.3 is 14.2 Å². The molecular formula is C31H30N2O5S. The largest absolute Gasteiger partial charge is 0.493 e. The first kappa shape index (κ1) is 29.2. The summed E-state index contributed by atoms with van der Waals surface area (Å²) in [6, 6.07) is 13.4. The van der Waals surface area contributed by atoms with Crippen molar-refractivity contribution in [2.45, 2.75) is 47.6 Å². The second kappa shape index (κ2) is 12.9. The predicted molar refractivity (Wildman–Crippen MR) is 150 cm³/mol. The van der Waals surface area contributed by atoms with E-state index in [2.05, 4.69) is 39.0 Å². The summed E-state index contributed by atoms with van der Waals surface area (Å²) >= 11 is 1.04. The molecule has 0 spiro atoms. The number of ketones is 1. The third-order valence-electron chi connectivity index (χ3n) is 6.25. The van der Waals surface area contributed by atoms with E-state index >= 15 is 0 Å². The molecule has 0 aliphatic heterocycles. The standard InChI is InChI=1S/C31H30N2O5S/c1-7-37-31(35)30-21(5)24(16-33)29(39-30)14-26(34)23(15-32)12-22-8-9-27(28(13-22)36-6)38-17-25-19(3)10-18(2)11-20(25)4/h8-13H,7,14,17H2,1-6H3/b23-12+. The number of esters is 1. The summed E-state index contributed by atoms with van der Waals surface area (Å²) in [6.07, 6.45) is 1.29. The Hall–Kier alpha value is -4.40. The van der Waals surface area contributed by atoms with Gasteiger partial charge in [-0.05, 0) is 80.6 Å². The van der Waals surface area contributed by atoms with Crippen LogP contribution in [0.2, 0.25) is 0 Å². The lowest BCUT2D eigenvalue weighted by atomic mass is 10.0. The van der Waals surface area contributed by atoms with E-state index in [9.17, 15) is 20.1 Å². The van der Waals surface area contributed by atoms with Gasteiger partial charge in [0.15, 0.2) is 17.3 Å². The van der Waals surface area contributed by atoms with Gasteiger partial charge in [0.1, 0.15) is 23.6 Å².